The Morgan fingerprint density at radius 2 is 2.35 bits per heavy atom. The molecule has 2 saturated carbocycles. The Hall–Kier alpha value is -2.13. The highest BCUT2D eigenvalue weighted by atomic mass is 16.1. The molecule has 2 bridgehead atoms. The van der Waals surface area contributed by atoms with Crippen molar-refractivity contribution in [1.82, 2.24) is 19.9 Å². The predicted molar refractivity (Wildman–Crippen MR) is 85.8 cm³/mol. The molecule has 2 N–H and O–H groups in total. The summed E-state index contributed by atoms with van der Waals surface area (Å²) in [6.07, 6.45) is 8.22. The largest absolute Gasteiger partial charge is 0.308 e. The van der Waals surface area contributed by atoms with E-state index in [2.05, 4.69) is 28.4 Å². The molecule has 2 aliphatic carbocycles. The van der Waals surface area contributed by atoms with E-state index in [0.717, 1.165) is 5.92 Å². The number of rotatable bonds is 4. The number of nitriles is 1. The summed E-state index contributed by atoms with van der Waals surface area (Å²) in [5.41, 5.74) is 1.76. The van der Waals surface area contributed by atoms with Gasteiger partial charge in [-0.3, -0.25) is 9.89 Å². The van der Waals surface area contributed by atoms with Crippen LogP contribution in [0.3, 0.4) is 0 Å². The quantitative estimate of drug-likeness (QED) is 0.903. The van der Waals surface area contributed by atoms with E-state index >= 15 is 0 Å². The van der Waals surface area contributed by atoms with Crippen LogP contribution in [-0.2, 0) is 6.54 Å². The Bertz CT molecular complexity index is 835. The molecule has 2 heterocycles. The van der Waals surface area contributed by atoms with Gasteiger partial charge < -0.3 is 5.32 Å². The lowest BCUT2D eigenvalue weighted by molar-refractivity contribution is 0.207. The third kappa shape index (κ3) is 2.27. The van der Waals surface area contributed by atoms with Crippen LogP contribution in [-0.4, -0.2) is 20.6 Å². The zero-order valence-electron chi connectivity index (χ0n) is 13.3. The third-order valence-corrected chi connectivity index (χ3v) is 5.98. The van der Waals surface area contributed by atoms with Gasteiger partial charge in [0.05, 0.1) is 5.69 Å². The Balaban J connectivity index is 1.54. The van der Waals surface area contributed by atoms with Gasteiger partial charge in [-0.1, -0.05) is 0 Å². The van der Waals surface area contributed by atoms with Gasteiger partial charge in [0.1, 0.15) is 11.6 Å². The number of aromatic nitrogens is 3. The molecule has 0 radical (unpaired) electrons. The van der Waals surface area contributed by atoms with Crippen molar-refractivity contribution in [3.63, 3.8) is 0 Å². The fraction of sp³-hybridized carbons (Fsp3) is 0.588. The van der Waals surface area contributed by atoms with Gasteiger partial charge in [0, 0.05) is 24.8 Å². The Morgan fingerprint density at radius 1 is 1.57 bits per heavy atom. The van der Waals surface area contributed by atoms with Crippen LogP contribution in [0.5, 0.6) is 0 Å². The molecule has 0 aliphatic heterocycles. The van der Waals surface area contributed by atoms with E-state index < -0.39 is 0 Å². The molecule has 1 atom stereocenters. The minimum Gasteiger partial charge on any atom is -0.308 e. The monoisotopic (exact) mass is 311 g/mol. The molecule has 23 heavy (non-hydrogen) atoms. The molecule has 0 saturated heterocycles. The van der Waals surface area contributed by atoms with Crippen molar-refractivity contribution in [3.8, 4) is 6.07 Å². The zero-order valence-corrected chi connectivity index (χ0v) is 13.3. The van der Waals surface area contributed by atoms with Crippen molar-refractivity contribution in [3.05, 3.63) is 33.9 Å². The average molecular weight is 311 g/mol. The van der Waals surface area contributed by atoms with Crippen molar-refractivity contribution >= 4 is 5.65 Å². The van der Waals surface area contributed by atoms with Gasteiger partial charge in [-0.15, -0.1) is 0 Å². The molecule has 2 aromatic rings. The van der Waals surface area contributed by atoms with Crippen LogP contribution >= 0.6 is 0 Å². The molecule has 120 valence electrons. The summed E-state index contributed by atoms with van der Waals surface area (Å²) in [7, 11) is 0. The Kier molecular flexibility index (Phi) is 3.27. The van der Waals surface area contributed by atoms with Gasteiger partial charge >= 0.3 is 0 Å². The summed E-state index contributed by atoms with van der Waals surface area (Å²) in [6.45, 7) is 2.82. The standard InChI is InChI=1S/C17H21N5O/c1-11(17-4-2-12(7-17)3-5-17)19-10-14-6-15(23)22-16(21-14)13(8-18)9-20-22/h6,9,11-12,19-20H,2-5,7,10H2,1H3. The van der Waals surface area contributed by atoms with Crippen molar-refractivity contribution in [2.24, 2.45) is 11.3 Å². The summed E-state index contributed by atoms with van der Waals surface area (Å²) in [5, 5.41) is 15.4. The van der Waals surface area contributed by atoms with E-state index in [1.807, 2.05) is 0 Å². The topological polar surface area (TPSA) is 86.0 Å². The molecule has 1 unspecified atom stereocenters. The highest BCUT2D eigenvalue weighted by molar-refractivity contribution is 5.53. The lowest BCUT2D eigenvalue weighted by Gasteiger charge is -2.34. The van der Waals surface area contributed by atoms with Gasteiger partial charge in [-0.2, -0.15) is 5.26 Å². The lowest BCUT2D eigenvalue weighted by atomic mass is 9.78. The number of nitrogens with one attached hydrogen (secondary N) is 2. The maximum atomic E-state index is 12.1. The Labute approximate surface area is 134 Å². The van der Waals surface area contributed by atoms with E-state index in [-0.39, 0.29) is 5.56 Å². The maximum Gasteiger partial charge on any atom is 0.272 e. The predicted octanol–water partition coefficient (Wildman–Crippen LogP) is 1.95. The first kappa shape index (κ1) is 14.5. The van der Waals surface area contributed by atoms with E-state index in [1.54, 1.807) is 0 Å². The van der Waals surface area contributed by atoms with Gasteiger partial charge in [0.25, 0.3) is 5.56 Å². The Morgan fingerprint density at radius 3 is 3.00 bits per heavy atom. The molecule has 6 nitrogen and oxygen atoms in total. The second-order valence-electron chi connectivity index (χ2n) is 7.16. The van der Waals surface area contributed by atoms with E-state index in [0.29, 0.717) is 34.9 Å². The van der Waals surface area contributed by atoms with Crippen LogP contribution in [0, 0.1) is 22.7 Å². The highest BCUT2D eigenvalue weighted by Gasteiger charge is 2.47. The number of fused-ring (bicyclic) bond motifs is 3. The SMILES string of the molecule is CC(NCc1cc(=O)n2[nH]cc(C#N)c2n1)C12CCC(CC1)C2. The van der Waals surface area contributed by atoms with Gasteiger partial charge in [-0.25, -0.2) is 9.50 Å². The van der Waals surface area contributed by atoms with E-state index in [1.165, 1.54) is 48.9 Å². The minimum absolute atomic E-state index is 0.180. The molecule has 0 aromatic carbocycles. The number of H-pyrrole nitrogens is 1. The number of aromatic amines is 1. The normalized spacial score (nSPS) is 27.4. The molecule has 2 aliphatic rings. The van der Waals surface area contributed by atoms with Crippen LogP contribution in [0.1, 0.15) is 50.3 Å². The lowest BCUT2D eigenvalue weighted by Crippen LogP contribution is -2.40. The van der Waals surface area contributed by atoms with Crippen LogP contribution in [0.25, 0.3) is 5.65 Å². The maximum absolute atomic E-state index is 12.1. The molecule has 4 rings (SSSR count). The first-order valence-electron chi connectivity index (χ1n) is 8.35. The number of nitrogens with zero attached hydrogens (tertiary/aromatic N) is 3. The number of hydrogen-bond acceptors (Lipinski definition) is 4. The van der Waals surface area contributed by atoms with Crippen LogP contribution in [0.15, 0.2) is 17.1 Å². The fourth-order valence-corrected chi connectivity index (χ4v) is 4.52. The highest BCUT2D eigenvalue weighted by Crippen LogP contribution is 2.55. The summed E-state index contributed by atoms with van der Waals surface area (Å²) in [4.78, 5) is 16.6. The van der Waals surface area contributed by atoms with Crippen LogP contribution in [0.2, 0.25) is 0 Å². The first-order valence-corrected chi connectivity index (χ1v) is 8.35. The molecule has 0 spiro atoms. The van der Waals surface area contributed by atoms with Crippen LogP contribution < -0.4 is 10.9 Å². The summed E-state index contributed by atoms with van der Waals surface area (Å²) in [6, 6.07) is 4.02. The number of hydrogen-bond donors (Lipinski definition) is 2. The van der Waals surface area contributed by atoms with Crippen molar-refractivity contribution in [2.45, 2.75) is 51.6 Å². The van der Waals surface area contributed by atoms with Crippen molar-refractivity contribution in [2.75, 3.05) is 0 Å². The average Bonchev–Trinajstić information content (AvgIpc) is 3.26. The summed E-state index contributed by atoms with van der Waals surface area (Å²) in [5.74, 6) is 0.927. The fourth-order valence-electron chi connectivity index (χ4n) is 4.52. The third-order valence-electron chi connectivity index (χ3n) is 5.98. The minimum atomic E-state index is -0.180. The molecular formula is C17H21N5O. The smallest absolute Gasteiger partial charge is 0.272 e. The molecule has 6 heteroatoms. The van der Waals surface area contributed by atoms with Crippen LogP contribution in [0.4, 0.5) is 0 Å². The van der Waals surface area contributed by atoms with Gasteiger partial charge in [0.15, 0.2) is 5.65 Å². The second-order valence-corrected chi connectivity index (χ2v) is 7.16. The molecule has 2 fully saturated rings. The van der Waals surface area contributed by atoms with E-state index in [9.17, 15) is 4.79 Å². The first-order chi connectivity index (χ1) is 11.1. The van der Waals surface area contributed by atoms with Gasteiger partial charge in [-0.05, 0) is 50.4 Å². The zero-order chi connectivity index (χ0) is 16.0. The summed E-state index contributed by atoms with van der Waals surface area (Å²) < 4.78 is 1.31. The van der Waals surface area contributed by atoms with Crippen molar-refractivity contribution in [1.29, 1.82) is 5.26 Å². The second kappa shape index (κ2) is 5.20. The van der Waals surface area contributed by atoms with Crippen molar-refractivity contribution < 1.29 is 0 Å². The summed E-state index contributed by atoms with van der Waals surface area (Å²) >= 11 is 0. The molecule has 2 aromatic heterocycles. The van der Waals surface area contributed by atoms with Gasteiger partial charge in [0.2, 0.25) is 0 Å². The molecule has 0 amide bonds. The molecular weight excluding hydrogens is 290 g/mol. The van der Waals surface area contributed by atoms with E-state index in [4.69, 9.17) is 5.26 Å².